The highest BCUT2D eigenvalue weighted by Gasteiger charge is 1.93. The molecule has 0 spiro atoms. The minimum absolute atomic E-state index is 0.111. The first kappa shape index (κ1) is 15.3. The Morgan fingerprint density at radius 1 is 0.875 bits per heavy atom. The molecule has 0 bridgehead atoms. The maximum absolute atomic E-state index is 9.60. The van der Waals surface area contributed by atoms with Crippen molar-refractivity contribution in [1.82, 2.24) is 0 Å². The molecule has 0 amide bonds. The quantitative estimate of drug-likeness (QED) is 0.212. The lowest BCUT2D eigenvalue weighted by molar-refractivity contribution is -0.615. The molecule has 0 heterocycles. The first-order chi connectivity index (χ1) is 7.91. The zero-order chi connectivity index (χ0) is 11.9. The zero-order valence-corrected chi connectivity index (χ0v) is 9.98. The van der Waals surface area contributed by atoms with Crippen molar-refractivity contribution in [3.8, 4) is 0 Å². The van der Waals surface area contributed by atoms with Crippen LogP contribution in [0.5, 0.6) is 0 Å². The Kier molecular flexibility index (Phi) is 13.8. The monoisotopic (exact) mass is 234 g/mol. The van der Waals surface area contributed by atoms with Crippen LogP contribution in [0.1, 0.15) is 58.3 Å². The first-order valence-electron chi connectivity index (χ1n) is 5.97. The van der Waals surface area contributed by atoms with Crippen LogP contribution in [0.4, 0.5) is 0 Å². The van der Waals surface area contributed by atoms with Gasteiger partial charge in [-0.2, -0.15) is 0 Å². The average molecular weight is 234 g/mol. The van der Waals surface area contributed by atoms with Crippen LogP contribution in [0.25, 0.3) is 0 Å². The van der Waals surface area contributed by atoms with Gasteiger partial charge in [-0.25, -0.2) is 4.89 Å². The molecule has 0 aliphatic rings. The molecule has 5 nitrogen and oxygen atoms in total. The second-order valence-corrected chi connectivity index (χ2v) is 3.63. The van der Waals surface area contributed by atoms with E-state index in [4.69, 9.17) is 0 Å². The molecule has 0 aromatic heterocycles. The van der Waals surface area contributed by atoms with Gasteiger partial charge in [-0.05, 0) is 11.5 Å². The van der Waals surface area contributed by atoms with Gasteiger partial charge >= 0.3 is 6.47 Å². The molecular formula is C11H22O5. The van der Waals surface area contributed by atoms with E-state index in [0.29, 0.717) is 6.61 Å². The van der Waals surface area contributed by atoms with Crippen LogP contribution in [0.3, 0.4) is 0 Å². The van der Waals surface area contributed by atoms with Gasteiger partial charge in [-0.1, -0.05) is 51.9 Å². The summed E-state index contributed by atoms with van der Waals surface area (Å²) < 4.78 is 0. The van der Waals surface area contributed by atoms with Gasteiger partial charge in [-0.3, -0.25) is 9.68 Å². The van der Waals surface area contributed by atoms with E-state index in [9.17, 15) is 4.79 Å². The summed E-state index contributed by atoms with van der Waals surface area (Å²) in [6, 6.07) is 0. The number of carbonyl (C=O) groups excluding carboxylic acids is 1. The number of hydrogen-bond donors (Lipinski definition) is 0. The van der Waals surface area contributed by atoms with Crippen LogP contribution in [-0.2, 0) is 24.6 Å². The standard InChI is InChI=1S/C11H22O5/c1-2-3-4-5-6-7-8-9-10-13-15-16-14-11-12/h11H,2-10H2,1H3. The van der Waals surface area contributed by atoms with Crippen LogP contribution in [-0.4, -0.2) is 13.1 Å². The number of carbonyl (C=O) groups is 1. The van der Waals surface area contributed by atoms with Crippen LogP contribution in [0.15, 0.2) is 0 Å². The van der Waals surface area contributed by atoms with Crippen molar-refractivity contribution < 1.29 is 24.6 Å². The third-order valence-corrected chi connectivity index (χ3v) is 2.24. The first-order valence-corrected chi connectivity index (χ1v) is 5.97. The highest BCUT2D eigenvalue weighted by molar-refractivity contribution is 5.35. The maximum Gasteiger partial charge on any atom is 0.334 e. The Bertz CT molecular complexity index is 140. The molecule has 0 saturated heterocycles. The number of hydrogen-bond acceptors (Lipinski definition) is 5. The van der Waals surface area contributed by atoms with Crippen LogP contribution in [0, 0.1) is 0 Å². The van der Waals surface area contributed by atoms with E-state index < -0.39 is 0 Å². The second-order valence-electron chi connectivity index (χ2n) is 3.63. The number of rotatable bonds is 13. The summed E-state index contributed by atoms with van der Waals surface area (Å²) in [6.07, 6.45) is 9.82. The lowest BCUT2D eigenvalue weighted by atomic mass is 10.1. The molecule has 0 saturated carbocycles. The Morgan fingerprint density at radius 3 is 2.12 bits per heavy atom. The Labute approximate surface area is 96.8 Å². The van der Waals surface area contributed by atoms with Crippen molar-refractivity contribution in [2.45, 2.75) is 58.3 Å². The minimum atomic E-state index is 0.111. The molecule has 0 unspecified atom stereocenters. The van der Waals surface area contributed by atoms with Crippen LogP contribution in [0.2, 0.25) is 0 Å². The summed E-state index contributed by atoms with van der Waals surface area (Å²) in [6.45, 7) is 2.77. The van der Waals surface area contributed by atoms with Crippen LogP contribution < -0.4 is 0 Å². The highest BCUT2D eigenvalue weighted by atomic mass is 17.7. The molecule has 0 rings (SSSR count). The molecule has 0 radical (unpaired) electrons. The van der Waals surface area contributed by atoms with E-state index in [1.165, 1.54) is 38.5 Å². The van der Waals surface area contributed by atoms with Crippen molar-refractivity contribution in [2.75, 3.05) is 6.61 Å². The van der Waals surface area contributed by atoms with Crippen molar-refractivity contribution in [1.29, 1.82) is 0 Å². The summed E-state index contributed by atoms with van der Waals surface area (Å²) in [4.78, 5) is 18.0. The molecule has 5 heteroatoms. The lowest BCUT2D eigenvalue weighted by Gasteiger charge is -2.01. The lowest BCUT2D eigenvalue weighted by Crippen LogP contribution is -1.98. The van der Waals surface area contributed by atoms with Gasteiger partial charge in [0.25, 0.3) is 0 Å². The van der Waals surface area contributed by atoms with Gasteiger partial charge in [-0.15, -0.1) is 0 Å². The van der Waals surface area contributed by atoms with Crippen LogP contribution >= 0.6 is 0 Å². The third kappa shape index (κ3) is 13.4. The Morgan fingerprint density at radius 2 is 1.50 bits per heavy atom. The second kappa shape index (κ2) is 14.3. The van der Waals surface area contributed by atoms with E-state index in [1.54, 1.807) is 0 Å². The normalized spacial score (nSPS) is 10.3. The van der Waals surface area contributed by atoms with Gasteiger partial charge in [0.05, 0.1) is 6.61 Å². The fourth-order valence-corrected chi connectivity index (χ4v) is 1.38. The molecule has 16 heavy (non-hydrogen) atoms. The van der Waals surface area contributed by atoms with Gasteiger partial charge < -0.3 is 0 Å². The smallest absolute Gasteiger partial charge is 0.270 e. The highest BCUT2D eigenvalue weighted by Crippen LogP contribution is 2.08. The molecule has 0 atom stereocenters. The van der Waals surface area contributed by atoms with Gasteiger partial charge in [0, 0.05) is 5.04 Å². The zero-order valence-electron chi connectivity index (χ0n) is 9.98. The topological polar surface area (TPSA) is 54.0 Å². The molecule has 0 N–H and O–H groups in total. The number of unbranched alkanes of at least 4 members (excludes halogenated alkanes) is 7. The largest absolute Gasteiger partial charge is 0.334 e. The molecular weight excluding hydrogens is 212 g/mol. The Hall–Kier alpha value is -0.650. The Balaban J connectivity index is 2.85. The maximum atomic E-state index is 9.60. The van der Waals surface area contributed by atoms with E-state index in [-0.39, 0.29) is 6.47 Å². The van der Waals surface area contributed by atoms with Gasteiger partial charge in [0.1, 0.15) is 0 Å². The molecule has 0 aromatic carbocycles. The van der Waals surface area contributed by atoms with Crippen molar-refractivity contribution in [2.24, 2.45) is 0 Å². The van der Waals surface area contributed by atoms with E-state index >= 15 is 0 Å². The fraction of sp³-hybridized carbons (Fsp3) is 0.909. The fourth-order valence-electron chi connectivity index (χ4n) is 1.38. The predicted molar refractivity (Wildman–Crippen MR) is 57.9 cm³/mol. The molecule has 0 fully saturated rings. The predicted octanol–water partition coefficient (Wildman–Crippen LogP) is 3.09. The van der Waals surface area contributed by atoms with E-state index in [1.807, 2.05) is 0 Å². The SMILES string of the molecule is CCCCCCCCCCOOOOC=O. The molecule has 0 aliphatic carbocycles. The molecule has 0 aliphatic heterocycles. The summed E-state index contributed by atoms with van der Waals surface area (Å²) in [7, 11) is 0. The van der Waals surface area contributed by atoms with Crippen molar-refractivity contribution >= 4 is 6.47 Å². The van der Waals surface area contributed by atoms with E-state index in [0.717, 1.165) is 12.8 Å². The third-order valence-electron chi connectivity index (χ3n) is 2.24. The summed E-state index contributed by atoms with van der Waals surface area (Å²) >= 11 is 0. The van der Waals surface area contributed by atoms with Gasteiger partial charge in [0.15, 0.2) is 0 Å². The average Bonchev–Trinajstić information content (AvgIpc) is 2.31. The summed E-state index contributed by atoms with van der Waals surface area (Å²) in [5.41, 5.74) is 0. The van der Waals surface area contributed by atoms with Crippen molar-refractivity contribution in [3.05, 3.63) is 0 Å². The van der Waals surface area contributed by atoms with Gasteiger partial charge in [0.2, 0.25) is 0 Å². The molecule has 0 aromatic rings. The van der Waals surface area contributed by atoms with Crippen molar-refractivity contribution in [3.63, 3.8) is 0 Å². The molecule has 96 valence electrons. The van der Waals surface area contributed by atoms with E-state index in [2.05, 4.69) is 26.8 Å². The summed E-state index contributed by atoms with van der Waals surface area (Å²) in [5, 5.41) is 7.94. The summed E-state index contributed by atoms with van der Waals surface area (Å²) in [5.74, 6) is 0. The minimum Gasteiger partial charge on any atom is -0.270 e.